The number of guanidine groups is 1. The highest BCUT2D eigenvalue weighted by atomic mass is 16.4. The van der Waals surface area contributed by atoms with Crippen LogP contribution in [0.5, 0.6) is 0 Å². The summed E-state index contributed by atoms with van der Waals surface area (Å²) in [7, 11) is 0. The van der Waals surface area contributed by atoms with E-state index >= 15 is 0 Å². The van der Waals surface area contributed by atoms with Crippen LogP contribution in [0.1, 0.15) is 58.8 Å². The molecule has 1 aliphatic heterocycles. The number of carbonyl (C=O) groups is 5. The molecule has 4 atom stereocenters. The van der Waals surface area contributed by atoms with Gasteiger partial charge in [-0.3, -0.25) is 24.2 Å². The number of rotatable bonds is 15. The molecule has 4 unspecified atom stereocenters. The number of nitrogens with zero attached hydrogens (tertiary/aromatic N) is 2. The summed E-state index contributed by atoms with van der Waals surface area (Å²) in [6.07, 6.45) is 1.16. The smallest absolute Gasteiger partial charge is 0.326 e. The van der Waals surface area contributed by atoms with Crippen molar-refractivity contribution in [2.75, 3.05) is 13.1 Å². The summed E-state index contributed by atoms with van der Waals surface area (Å²) >= 11 is 0. The van der Waals surface area contributed by atoms with Crippen molar-refractivity contribution in [3.63, 3.8) is 0 Å². The Hall–Kier alpha value is -3.42. The fourth-order valence-electron chi connectivity index (χ4n) is 3.91. The molecule has 14 nitrogen and oxygen atoms in total. The van der Waals surface area contributed by atoms with Crippen molar-refractivity contribution in [1.82, 2.24) is 15.5 Å². The van der Waals surface area contributed by atoms with E-state index in [1.807, 2.05) is 13.8 Å². The van der Waals surface area contributed by atoms with E-state index in [0.717, 1.165) is 0 Å². The molecule has 1 heterocycles. The van der Waals surface area contributed by atoms with Crippen LogP contribution in [0.4, 0.5) is 0 Å². The first-order valence-electron chi connectivity index (χ1n) is 12.0. The molecule has 0 saturated carbocycles. The number of carboxylic acids is 2. The van der Waals surface area contributed by atoms with E-state index in [1.54, 1.807) is 0 Å². The monoisotopic (exact) mass is 513 g/mol. The topological polar surface area (TPSA) is 244 Å². The van der Waals surface area contributed by atoms with Crippen molar-refractivity contribution < 1.29 is 34.2 Å². The van der Waals surface area contributed by atoms with Gasteiger partial charge in [0, 0.05) is 19.5 Å². The zero-order chi connectivity index (χ0) is 27.4. The molecule has 10 N–H and O–H groups in total. The Bertz CT molecular complexity index is 830. The number of aliphatic carboxylic acids is 2. The summed E-state index contributed by atoms with van der Waals surface area (Å²) in [5.41, 5.74) is 16.4. The maximum absolute atomic E-state index is 13.4. The van der Waals surface area contributed by atoms with Crippen molar-refractivity contribution >= 4 is 35.6 Å². The lowest BCUT2D eigenvalue weighted by Gasteiger charge is -2.30. The van der Waals surface area contributed by atoms with E-state index in [4.69, 9.17) is 22.3 Å². The Kier molecular flexibility index (Phi) is 12.6. The Morgan fingerprint density at radius 2 is 1.72 bits per heavy atom. The van der Waals surface area contributed by atoms with Crippen molar-refractivity contribution in [3.8, 4) is 0 Å². The van der Waals surface area contributed by atoms with E-state index < -0.39 is 53.8 Å². The first kappa shape index (κ1) is 30.6. The van der Waals surface area contributed by atoms with Crippen molar-refractivity contribution in [1.29, 1.82) is 0 Å². The molecule has 0 bridgehead atoms. The quantitative estimate of drug-likeness (QED) is 0.0744. The predicted octanol–water partition coefficient (Wildman–Crippen LogP) is -1.68. The number of nitrogens with one attached hydrogen (secondary N) is 2. The minimum atomic E-state index is -1.16. The zero-order valence-electron chi connectivity index (χ0n) is 20.8. The lowest BCUT2D eigenvalue weighted by molar-refractivity contribution is -0.145. The highest BCUT2D eigenvalue weighted by Gasteiger charge is 2.39. The minimum absolute atomic E-state index is 0.0304. The number of likely N-dealkylation sites (tertiary alicyclic amines) is 1. The van der Waals surface area contributed by atoms with Crippen LogP contribution in [0.2, 0.25) is 0 Å². The average Bonchev–Trinajstić information content (AvgIpc) is 3.27. The predicted molar refractivity (Wildman–Crippen MR) is 130 cm³/mol. The van der Waals surface area contributed by atoms with Gasteiger partial charge in [0.2, 0.25) is 17.7 Å². The van der Waals surface area contributed by atoms with Gasteiger partial charge in [-0.1, -0.05) is 13.8 Å². The summed E-state index contributed by atoms with van der Waals surface area (Å²) in [5.74, 6) is -4.14. The Morgan fingerprint density at radius 3 is 2.28 bits per heavy atom. The lowest BCUT2D eigenvalue weighted by atomic mass is 10.0. The van der Waals surface area contributed by atoms with Crippen LogP contribution in [0, 0.1) is 5.92 Å². The molecule has 36 heavy (non-hydrogen) atoms. The van der Waals surface area contributed by atoms with Crippen molar-refractivity contribution in [2.24, 2.45) is 28.1 Å². The zero-order valence-corrected chi connectivity index (χ0v) is 20.8. The number of amides is 3. The molecule has 1 saturated heterocycles. The fraction of sp³-hybridized carbons (Fsp3) is 0.727. The van der Waals surface area contributed by atoms with E-state index in [1.165, 1.54) is 4.90 Å². The summed E-state index contributed by atoms with van der Waals surface area (Å²) in [5, 5.41) is 23.4. The highest BCUT2D eigenvalue weighted by Crippen LogP contribution is 2.20. The Labute approximate surface area is 210 Å². The van der Waals surface area contributed by atoms with Gasteiger partial charge in [0.1, 0.15) is 18.1 Å². The van der Waals surface area contributed by atoms with Gasteiger partial charge in [0.15, 0.2) is 5.96 Å². The third-order valence-electron chi connectivity index (χ3n) is 5.73. The molecule has 3 amide bonds. The van der Waals surface area contributed by atoms with Gasteiger partial charge in [0.05, 0.1) is 6.04 Å². The fourth-order valence-corrected chi connectivity index (χ4v) is 3.91. The van der Waals surface area contributed by atoms with E-state index in [9.17, 15) is 29.1 Å². The van der Waals surface area contributed by atoms with E-state index in [2.05, 4.69) is 15.6 Å². The number of hydrogen-bond donors (Lipinski definition) is 7. The molecule has 14 heteroatoms. The molecule has 1 rings (SSSR count). The van der Waals surface area contributed by atoms with Crippen LogP contribution in [-0.4, -0.2) is 88.0 Å². The molecule has 0 spiro atoms. The molecule has 0 aromatic carbocycles. The van der Waals surface area contributed by atoms with Crippen LogP contribution >= 0.6 is 0 Å². The SMILES string of the molecule is CC(C)CC(NC(=O)C1CCCN1C(=O)C(CCCN=C(N)N)NC(=O)C(N)CCC(=O)O)C(=O)O. The van der Waals surface area contributed by atoms with Gasteiger partial charge in [-0.15, -0.1) is 0 Å². The molecule has 204 valence electrons. The maximum atomic E-state index is 13.4. The largest absolute Gasteiger partial charge is 0.481 e. The molecular formula is C22H39N7O7. The normalized spacial score (nSPS) is 17.7. The van der Waals surface area contributed by atoms with Gasteiger partial charge >= 0.3 is 11.9 Å². The Morgan fingerprint density at radius 1 is 1.06 bits per heavy atom. The minimum Gasteiger partial charge on any atom is -0.481 e. The first-order chi connectivity index (χ1) is 16.8. The summed E-state index contributed by atoms with van der Waals surface area (Å²) < 4.78 is 0. The van der Waals surface area contributed by atoms with Gasteiger partial charge in [0.25, 0.3) is 0 Å². The molecule has 1 aliphatic rings. The molecule has 0 aliphatic carbocycles. The molecule has 1 fully saturated rings. The van der Waals surface area contributed by atoms with Gasteiger partial charge < -0.3 is 42.9 Å². The third-order valence-corrected chi connectivity index (χ3v) is 5.73. The van der Waals surface area contributed by atoms with Crippen molar-refractivity contribution in [3.05, 3.63) is 0 Å². The van der Waals surface area contributed by atoms with Crippen LogP contribution < -0.4 is 27.8 Å². The van der Waals surface area contributed by atoms with Gasteiger partial charge in [-0.25, -0.2) is 4.79 Å². The Balaban J connectivity index is 2.98. The number of carbonyl (C=O) groups excluding carboxylic acids is 3. The molecular weight excluding hydrogens is 474 g/mol. The molecule has 0 aromatic rings. The second-order valence-electron chi connectivity index (χ2n) is 9.27. The van der Waals surface area contributed by atoms with Crippen LogP contribution in [-0.2, 0) is 24.0 Å². The standard InChI is InChI=1S/C22H39N7O7/c1-12(2)11-15(21(35)36)28-19(33)16-6-4-10-29(16)20(34)14(5-3-9-26-22(24)25)27-18(32)13(23)7-8-17(30)31/h12-16H,3-11,23H2,1-2H3,(H,27,32)(H,28,33)(H,30,31)(H,35,36)(H4,24,25,26). The van der Waals surface area contributed by atoms with Crippen molar-refractivity contribution in [2.45, 2.75) is 83.0 Å². The average molecular weight is 514 g/mol. The summed E-state index contributed by atoms with van der Waals surface area (Å²) in [4.78, 5) is 66.4. The van der Waals surface area contributed by atoms with Gasteiger partial charge in [-0.2, -0.15) is 0 Å². The lowest BCUT2D eigenvalue weighted by Crippen LogP contribution is -2.56. The van der Waals surface area contributed by atoms with E-state index in [-0.39, 0.29) is 50.7 Å². The van der Waals surface area contributed by atoms with E-state index in [0.29, 0.717) is 19.3 Å². The maximum Gasteiger partial charge on any atom is 0.326 e. The number of hydrogen-bond acceptors (Lipinski definition) is 7. The summed E-state index contributed by atoms with van der Waals surface area (Å²) in [6, 6.07) is -4.16. The number of aliphatic imine (C=N–C) groups is 1. The molecule has 0 aromatic heterocycles. The highest BCUT2D eigenvalue weighted by molar-refractivity contribution is 5.94. The van der Waals surface area contributed by atoms with Crippen LogP contribution in [0.3, 0.4) is 0 Å². The third kappa shape index (κ3) is 10.5. The number of nitrogens with two attached hydrogens (primary N) is 3. The molecule has 0 radical (unpaired) electrons. The first-order valence-corrected chi connectivity index (χ1v) is 12.0. The second-order valence-corrected chi connectivity index (χ2v) is 9.27. The second kappa shape index (κ2) is 14.9. The van der Waals surface area contributed by atoms with Gasteiger partial charge in [-0.05, 0) is 44.4 Å². The summed E-state index contributed by atoms with van der Waals surface area (Å²) in [6.45, 7) is 4.13. The number of carboxylic acid groups (broad SMARTS) is 2. The van der Waals surface area contributed by atoms with Crippen LogP contribution in [0.15, 0.2) is 4.99 Å². The van der Waals surface area contributed by atoms with Crippen LogP contribution in [0.25, 0.3) is 0 Å².